The number of hydrogen-bond acceptors (Lipinski definition) is 4. The van der Waals surface area contributed by atoms with Crippen LogP contribution in [0.5, 0.6) is 5.75 Å². The SMILES string of the molecule is COc1ccnc(CN2CCNCC2)c1C. The van der Waals surface area contributed by atoms with Crippen molar-refractivity contribution >= 4 is 0 Å². The van der Waals surface area contributed by atoms with Gasteiger partial charge in [0.2, 0.25) is 0 Å². The maximum Gasteiger partial charge on any atom is 0.125 e. The summed E-state index contributed by atoms with van der Waals surface area (Å²) in [6, 6.07) is 1.91. The molecule has 1 aromatic heterocycles. The molecule has 0 spiro atoms. The number of hydrogen-bond donors (Lipinski definition) is 1. The maximum atomic E-state index is 5.30. The second-order valence-electron chi connectivity index (χ2n) is 4.11. The Morgan fingerprint density at radius 1 is 1.44 bits per heavy atom. The fourth-order valence-electron chi connectivity index (χ4n) is 2.02. The van der Waals surface area contributed by atoms with E-state index >= 15 is 0 Å². The van der Waals surface area contributed by atoms with Crippen LogP contribution in [0, 0.1) is 6.92 Å². The minimum atomic E-state index is 0.921. The van der Waals surface area contributed by atoms with Crippen LogP contribution < -0.4 is 10.1 Å². The third-order valence-electron chi connectivity index (χ3n) is 3.06. The van der Waals surface area contributed by atoms with Crippen LogP contribution in [0.4, 0.5) is 0 Å². The first-order valence-electron chi connectivity index (χ1n) is 5.73. The van der Waals surface area contributed by atoms with Crippen molar-refractivity contribution < 1.29 is 4.74 Å². The van der Waals surface area contributed by atoms with Gasteiger partial charge in [-0.15, -0.1) is 0 Å². The van der Waals surface area contributed by atoms with Gasteiger partial charge in [-0.3, -0.25) is 9.88 Å². The Morgan fingerprint density at radius 3 is 2.88 bits per heavy atom. The molecule has 0 amide bonds. The van der Waals surface area contributed by atoms with E-state index in [4.69, 9.17) is 4.74 Å². The van der Waals surface area contributed by atoms with E-state index in [-0.39, 0.29) is 0 Å². The van der Waals surface area contributed by atoms with Crippen LogP contribution in [0.3, 0.4) is 0 Å². The van der Waals surface area contributed by atoms with Gasteiger partial charge >= 0.3 is 0 Å². The van der Waals surface area contributed by atoms with Gasteiger partial charge in [0.25, 0.3) is 0 Å². The Hall–Kier alpha value is -1.13. The molecule has 1 N–H and O–H groups in total. The molecule has 2 rings (SSSR count). The molecule has 0 radical (unpaired) electrons. The highest BCUT2D eigenvalue weighted by atomic mass is 16.5. The molecule has 4 nitrogen and oxygen atoms in total. The third kappa shape index (κ3) is 2.51. The Kier molecular flexibility index (Phi) is 3.74. The van der Waals surface area contributed by atoms with Gasteiger partial charge in [0.15, 0.2) is 0 Å². The van der Waals surface area contributed by atoms with E-state index in [2.05, 4.69) is 22.1 Å². The van der Waals surface area contributed by atoms with Crippen molar-refractivity contribution in [3.63, 3.8) is 0 Å². The van der Waals surface area contributed by atoms with Crippen molar-refractivity contribution in [2.24, 2.45) is 0 Å². The Bertz CT molecular complexity index is 348. The van der Waals surface area contributed by atoms with Crippen LogP contribution in [0.1, 0.15) is 11.3 Å². The average molecular weight is 221 g/mol. The highest BCUT2D eigenvalue weighted by Gasteiger charge is 2.13. The maximum absolute atomic E-state index is 5.30. The second-order valence-corrected chi connectivity index (χ2v) is 4.11. The summed E-state index contributed by atoms with van der Waals surface area (Å²) >= 11 is 0. The molecule has 1 saturated heterocycles. The van der Waals surface area contributed by atoms with Crippen molar-refractivity contribution in [3.05, 3.63) is 23.5 Å². The summed E-state index contributed by atoms with van der Waals surface area (Å²) in [5, 5.41) is 3.35. The van der Waals surface area contributed by atoms with Crippen molar-refractivity contribution in [2.75, 3.05) is 33.3 Å². The van der Waals surface area contributed by atoms with E-state index in [1.54, 1.807) is 7.11 Å². The number of piperazine rings is 1. The molecule has 0 aliphatic carbocycles. The monoisotopic (exact) mass is 221 g/mol. The smallest absolute Gasteiger partial charge is 0.125 e. The molecular weight excluding hydrogens is 202 g/mol. The summed E-state index contributed by atoms with van der Waals surface area (Å²) in [6.45, 7) is 7.33. The zero-order valence-corrected chi connectivity index (χ0v) is 9.99. The van der Waals surface area contributed by atoms with Crippen LogP contribution in [0.15, 0.2) is 12.3 Å². The summed E-state index contributed by atoms with van der Waals surface area (Å²) in [5.41, 5.74) is 2.28. The number of aromatic nitrogens is 1. The number of methoxy groups -OCH3 is 1. The number of nitrogens with zero attached hydrogens (tertiary/aromatic N) is 2. The summed E-state index contributed by atoms with van der Waals surface area (Å²) in [6.07, 6.45) is 1.82. The molecule has 1 fully saturated rings. The van der Waals surface area contributed by atoms with Crippen molar-refractivity contribution in [3.8, 4) is 5.75 Å². The van der Waals surface area contributed by atoms with Gasteiger partial charge in [-0.05, 0) is 13.0 Å². The van der Waals surface area contributed by atoms with Crippen molar-refractivity contribution in [1.82, 2.24) is 15.2 Å². The van der Waals surface area contributed by atoms with Crippen LogP contribution >= 0.6 is 0 Å². The van der Waals surface area contributed by atoms with Gasteiger partial charge in [-0.2, -0.15) is 0 Å². The molecule has 2 heterocycles. The Labute approximate surface area is 96.6 Å². The van der Waals surface area contributed by atoms with Gasteiger partial charge in [-0.25, -0.2) is 0 Å². The minimum absolute atomic E-state index is 0.921. The zero-order valence-electron chi connectivity index (χ0n) is 9.99. The molecule has 1 aliphatic rings. The number of nitrogens with one attached hydrogen (secondary N) is 1. The minimum Gasteiger partial charge on any atom is -0.496 e. The molecule has 0 bridgehead atoms. The molecule has 4 heteroatoms. The summed E-state index contributed by atoms with van der Waals surface area (Å²) in [4.78, 5) is 6.86. The van der Waals surface area contributed by atoms with E-state index in [1.165, 1.54) is 0 Å². The van der Waals surface area contributed by atoms with E-state index in [9.17, 15) is 0 Å². The van der Waals surface area contributed by atoms with Gasteiger partial charge in [0.05, 0.1) is 12.8 Å². The molecule has 0 aromatic carbocycles. The Balaban J connectivity index is 2.08. The van der Waals surface area contributed by atoms with Gasteiger partial charge in [0, 0.05) is 44.5 Å². The molecule has 0 saturated carbocycles. The second kappa shape index (κ2) is 5.27. The summed E-state index contributed by atoms with van der Waals surface area (Å²) in [7, 11) is 1.71. The highest BCUT2D eigenvalue weighted by molar-refractivity contribution is 5.34. The Morgan fingerprint density at radius 2 is 2.19 bits per heavy atom. The molecule has 0 atom stereocenters. The van der Waals surface area contributed by atoms with E-state index in [0.29, 0.717) is 0 Å². The zero-order chi connectivity index (χ0) is 11.4. The van der Waals surface area contributed by atoms with Crippen LogP contribution in [0.2, 0.25) is 0 Å². The summed E-state index contributed by atoms with van der Waals surface area (Å²) < 4.78 is 5.30. The fraction of sp³-hybridized carbons (Fsp3) is 0.583. The first-order valence-corrected chi connectivity index (χ1v) is 5.73. The lowest BCUT2D eigenvalue weighted by Gasteiger charge is -2.27. The summed E-state index contributed by atoms with van der Waals surface area (Å²) in [5.74, 6) is 0.931. The third-order valence-corrected chi connectivity index (χ3v) is 3.06. The lowest BCUT2D eigenvalue weighted by molar-refractivity contribution is 0.230. The molecule has 1 aliphatic heterocycles. The molecule has 88 valence electrons. The quantitative estimate of drug-likeness (QED) is 0.819. The van der Waals surface area contributed by atoms with Crippen molar-refractivity contribution in [1.29, 1.82) is 0 Å². The van der Waals surface area contributed by atoms with E-state index in [1.807, 2.05) is 12.3 Å². The van der Waals surface area contributed by atoms with Gasteiger partial charge in [-0.1, -0.05) is 0 Å². The van der Waals surface area contributed by atoms with Crippen LogP contribution in [0.25, 0.3) is 0 Å². The predicted molar refractivity (Wildman–Crippen MR) is 63.7 cm³/mol. The van der Waals surface area contributed by atoms with Crippen molar-refractivity contribution in [2.45, 2.75) is 13.5 Å². The molecule has 0 unspecified atom stereocenters. The van der Waals surface area contributed by atoms with Gasteiger partial charge in [0.1, 0.15) is 5.75 Å². The standard InChI is InChI=1S/C12H19N3O/c1-10-11(14-4-3-12(10)16-2)9-15-7-5-13-6-8-15/h3-4,13H,5-9H2,1-2H3. The van der Waals surface area contributed by atoms with E-state index in [0.717, 1.165) is 49.7 Å². The molecular formula is C12H19N3O. The average Bonchev–Trinajstić information content (AvgIpc) is 2.33. The molecule has 1 aromatic rings. The largest absolute Gasteiger partial charge is 0.496 e. The van der Waals surface area contributed by atoms with E-state index < -0.39 is 0 Å². The lowest BCUT2D eigenvalue weighted by Crippen LogP contribution is -2.43. The lowest BCUT2D eigenvalue weighted by atomic mass is 10.2. The molecule has 16 heavy (non-hydrogen) atoms. The first kappa shape index (κ1) is 11.4. The van der Waals surface area contributed by atoms with Crippen LogP contribution in [-0.4, -0.2) is 43.2 Å². The van der Waals surface area contributed by atoms with Crippen LogP contribution in [-0.2, 0) is 6.54 Å². The highest BCUT2D eigenvalue weighted by Crippen LogP contribution is 2.19. The normalized spacial score (nSPS) is 17.4. The number of pyridine rings is 1. The fourth-order valence-corrected chi connectivity index (χ4v) is 2.02. The van der Waals surface area contributed by atoms with Gasteiger partial charge < -0.3 is 10.1 Å². The first-order chi connectivity index (χ1) is 7.81. The predicted octanol–water partition coefficient (Wildman–Crippen LogP) is 0.804. The topological polar surface area (TPSA) is 37.4 Å². The number of rotatable bonds is 3. The number of ether oxygens (including phenoxy) is 1.